The Kier molecular flexibility index (Phi) is 2.74. The summed E-state index contributed by atoms with van der Waals surface area (Å²) in [5, 5.41) is 18.7. The molecule has 2 unspecified atom stereocenters. The molecule has 0 aromatic carbocycles. The molecule has 2 fully saturated rings. The van der Waals surface area contributed by atoms with E-state index in [4.69, 9.17) is 0 Å². The molecule has 1 aliphatic carbocycles. The highest BCUT2D eigenvalue weighted by molar-refractivity contribution is 5.37. The van der Waals surface area contributed by atoms with E-state index in [0.717, 1.165) is 38.2 Å². The number of hydrogen-bond acceptors (Lipinski definition) is 4. The van der Waals surface area contributed by atoms with Crippen LogP contribution in [0.2, 0.25) is 0 Å². The molecular weight excluding hydrogens is 214 g/mol. The van der Waals surface area contributed by atoms with Crippen LogP contribution >= 0.6 is 0 Å². The molecule has 0 spiro atoms. The lowest BCUT2D eigenvalue weighted by Crippen LogP contribution is -2.53. The first kappa shape index (κ1) is 11.0. The number of aromatic nitrogens is 2. The minimum absolute atomic E-state index is 0.406. The summed E-state index contributed by atoms with van der Waals surface area (Å²) in [5.74, 6) is 1.35. The fourth-order valence-corrected chi connectivity index (χ4v) is 3.24. The summed E-state index contributed by atoms with van der Waals surface area (Å²) < 4.78 is 0. The number of nitrogens with zero attached hydrogens (tertiary/aromatic N) is 3. The van der Waals surface area contributed by atoms with E-state index in [0.29, 0.717) is 5.92 Å². The molecule has 3 rings (SSSR count). The zero-order valence-electron chi connectivity index (χ0n) is 10.0. The average Bonchev–Trinajstić information content (AvgIpc) is 2.39. The monoisotopic (exact) mass is 233 g/mol. The third kappa shape index (κ3) is 2.02. The summed E-state index contributed by atoms with van der Waals surface area (Å²) in [7, 11) is 0. The van der Waals surface area contributed by atoms with Crippen molar-refractivity contribution in [1.82, 2.24) is 10.2 Å². The van der Waals surface area contributed by atoms with Gasteiger partial charge in [-0.25, -0.2) is 0 Å². The first-order chi connectivity index (χ1) is 8.28. The van der Waals surface area contributed by atoms with Crippen LogP contribution in [0, 0.1) is 5.92 Å². The Labute approximate surface area is 102 Å². The van der Waals surface area contributed by atoms with Crippen LogP contribution in [0.4, 0.5) is 5.82 Å². The molecule has 1 aromatic heterocycles. The van der Waals surface area contributed by atoms with Crippen LogP contribution in [0.15, 0.2) is 18.3 Å². The normalized spacial score (nSPS) is 33.2. The van der Waals surface area contributed by atoms with Gasteiger partial charge in [-0.2, -0.15) is 5.10 Å². The SMILES string of the molecule is OC12CCCCC1CN(c1cccnn1)CC2. The summed E-state index contributed by atoms with van der Waals surface area (Å²) in [6.45, 7) is 1.82. The Bertz CT molecular complexity index is 384. The Morgan fingerprint density at radius 3 is 3.12 bits per heavy atom. The van der Waals surface area contributed by atoms with Crippen molar-refractivity contribution in [2.45, 2.75) is 37.7 Å². The van der Waals surface area contributed by atoms with E-state index in [-0.39, 0.29) is 0 Å². The predicted octanol–water partition coefficient (Wildman–Crippen LogP) is 1.61. The molecular formula is C13H19N3O. The quantitative estimate of drug-likeness (QED) is 0.800. The van der Waals surface area contributed by atoms with Gasteiger partial charge in [-0.15, -0.1) is 5.10 Å². The Morgan fingerprint density at radius 1 is 1.35 bits per heavy atom. The van der Waals surface area contributed by atoms with Crippen LogP contribution in [0.1, 0.15) is 32.1 Å². The van der Waals surface area contributed by atoms with Gasteiger partial charge in [-0.1, -0.05) is 12.8 Å². The molecule has 1 aliphatic heterocycles. The summed E-state index contributed by atoms with van der Waals surface area (Å²) in [4.78, 5) is 2.26. The molecule has 1 saturated heterocycles. The van der Waals surface area contributed by atoms with Crippen molar-refractivity contribution in [2.24, 2.45) is 5.92 Å². The van der Waals surface area contributed by atoms with Gasteiger partial charge in [0.25, 0.3) is 0 Å². The lowest BCUT2D eigenvalue weighted by molar-refractivity contribution is -0.0613. The largest absolute Gasteiger partial charge is 0.389 e. The number of fused-ring (bicyclic) bond motifs is 1. The summed E-state index contributed by atoms with van der Waals surface area (Å²) in [6.07, 6.45) is 7.12. The first-order valence-corrected chi connectivity index (χ1v) is 6.53. The molecule has 17 heavy (non-hydrogen) atoms. The van der Waals surface area contributed by atoms with E-state index >= 15 is 0 Å². The van der Waals surface area contributed by atoms with Crippen molar-refractivity contribution in [3.05, 3.63) is 18.3 Å². The molecule has 0 radical (unpaired) electrons. The van der Waals surface area contributed by atoms with Crippen molar-refractivity contribution < 1.29 is 5.11 Å². The van der Waals surface area contributed by atoms with Crippen LogP contribution in [0.3, 0.4) is 0 Å². The van der Waals surface area contributed by atoms with Gasteiger partial charge < -0.3 is 10.0 Å². The standard InChI is InChI=1S/C13H19N3O/c17-13-6-2-1-4-11(13)10-16(9-7-13)12-5-3-8-14-15-12/h3,5,8,11,17H,1-2,4,6-7,9-10H2. The predicted molar refractivity (Wildman–Crippen MR) is 65.8 cm³/mol. The van der Waals surface area contributed by atoms with Crippen LogP contribution in [0.25, 0.3) is 0 Å². The lowest BCUT2D eigenvalue weighted by Gasteiger charge is -2.47. The molecule has 1 aromatic rings. The maximum Gasteiger partial charge on any atom is 0.151 e. The fraction of sp³-hybridized carbons (Fsp3) is 0.692. The molecule has 1 saturated carbocycles. The smallest absolute Gasteiger partial charge is 0.151 e. The zero-order chi connectivity index (χ0) is 11.7. The second kappa shape index (κ2) is 4.26. The highest BCUT2D eigenvalue weighted by Crippen LogP contribution is 2.40. The van der Waals surface area contributed by atoms with Gasteiger partial charge in [-0.3, -0.25) is 0 Å². The highest BCUT2D eigenvalue weighted by Gasteiger charge is 2.42. The summed E-state index contributed by atoms with van der Waals surface area (Å²) in [5.41, 5.74) is -0.406. The minimum Gasteiger partial charge on any atom is -0.389 e. The third-order valence-corrected chi connectivity index (χ3v) is 4.31. The van der Waals surface area contributed by atoms with Crippen molar-refractivity contribution in [1.29, 1.82) is 0 Å². The maximum atomic E-state index is 10.6. The summed E-state index contributed by atoms with van der Waals surface area (Å²) in [6, 6.07) is 3.92. The lowest BCUT2D eigenvalue weighted by atomic mass is 9.71. The van der Waals surface area contributed by atoms with E-state index in [2.05, 4.69) is 15.1 Å². The van der Waals surface area contributed by atoms with E-state index in [9.17, 15) is 5.11 Å². The van der Waals surface area contributed by atoms with E-state index in [1.165, 1.54) is 12.8 Å². The van der Waals surface area contributed by atoms with Gasteiger partial charge in [0.05, 0.1) is 5.60 Å². The maximum absolute atomic E-state index is 10.6. The highest BCUT2D eigenvalue weighted by atomic mass is 16.3. The van der Waals surface area contributed by atoms with Gasteiger partial charge in [-0.05, 0) is 31.4 Å². The van der Waals surface area contributed by atoms with Crippen LogP contribution in [-0.2, 0) is 0 Å². The van der Waals surface area contributed by atoms with Gasteiger partial charge in [0, 0.05) is 25.2 Å². The van der Waals surface area contributed by atoms with Gasteiger partial charge in [0.1, 0.15) is 0 Å². The number of rotatable bonds is 1. The topological polar surface area (TPSA) is 49.2 Å². The molecule has 0 amide bonds. The average molecular weight is 233 g/mol. The van der Waals surface area contributed by atoms with Gasteiger partial charge in [0.15, 0.2) is 5.82 Å². The van der Waals surface area contributed by atoms with Crippen LogP contribution in [0.5, 0.6) is 0 Å². The van der Waals surface area contributed by atoms with E-state index in [1.807, 2.05) is 12.1 Å². The van der Waals surface area contributed by atoms with Crippen LogP contribution < -0.4 is 4.90 Å². The molecule has 4 nitrogen and oxygen atoms in total. The fourth-order valence-electron chi connectivity index (χ4n) is 3.24. The van der Waals surface area contributed by atoms with Gasteiger partial charge >= 0.3 is 0 Å². The molecule has 4 heteroatoms. The number of anilines is 1. The Hall–Kier alpha value is -1.16. The first-order valence-electron chi connectivity index (χ1n) is 6.53. The van der Waals surface area contributed by atoms with Crippen molar-refractivity contribution in [3.63, 3.8) is 0 Å². The molecule has 92 valence electrons. The molecule has 1 N–H and O–H groups in total. The summed E-state index contributed by atoms with van der Waals surface area (Å²) >= 11 is 0. The minimum atomic E-state index is -0.406. The van der Waals surface area contributed by atoms with Crippen molar-refractivity contribution >= 4 is 5.82 Å². The molecule has 0 bridgehead atoms. The molecule has 2 atom stereocenters. The Balaban J connectivity index is 1.76. The number of hydrogen-bond donors (Lipinski definition) is 1. The second-order valence-corrected chi connectivity index (χ2v) is 5.32. The van der Waals surface area contributed by atoms with E-state index < -0.39 is 5.60 Å². The third-order valence-electron chi connectivity index (χ3n) is 4.31. The van der Waals surface area contributed by atoms with Crippen LogP contribution in [-0.4, -0.2) is 34.0 Å². The van der Waals surface area contributed by atoms with E-state index in [1.54, 1.807) is 6.20 Å². The molecule has 2 heterocycles. The Morgan fingerprint density at radius 2 is 2.29 bits per heavy atom. The second-order valence-electron chi connectivity index (χ2n) is 5.32. The van der Waals surface area contributed by atoms with Crippen molar-refractivity contribution in [2.75, 3.05) is 18.0 Å². The zero-order valence-corrected chi connectivity index (χ0v) is 10.0. The van der Waals surface area contributed by atoms with Crippen molar-refractivity contribution in [3.8, 4) is 0 Å². The van der Waals surface area contributed by atoms with Gasteiger partial charge in [0.2, 0.25) is 0 Å². The molecule has 2 aliphatic rings. The number of piperidine rings is 1. The number of aliphatic hydroxyl groups is 1.